The summed E-state index contributed by atoms with van der Waals surface area (Å²) in [6.45, 7) is 2.14. The maximum absolute atomic E-state index is 12.4. The second kappa shape index (κ2) is 7.75. The van der Waals surface area contributed by atoms with E-state index in [9.17, 15) is 4.79 Å². The van der Waals surface area contributed by atoms with E-state index in [0.717, 1.165) is 27.8 Å². The minimum Gasteiger partial charge on any atom is -0.454 e. The Morgan fingerprint density at radius 2 is 2.07 bits per heavy atom. The average Bonchev–Trinajstić information content (AvgIpc) is 3.50. The third-order valence-electron chi connectivity index (χ3n) is 4.83. The van der Waals surface area contributed by atoms with E-state index in [1.807, 2.05) is 55.6 Å². The molecule has 4 aromatic rings. The molecule has 1 aliphatic heterocycles. The van der Waals surface area contributed by atoms with E-state index in [2.05, 4.69) is 20.5 Å². The van der Waals surface area contributed by atoms with Crippen molar-refractivity contribution in [1.82, 2.24) is 20.5 Å². The SMILES string of the molecule is C[C@@H](NC(=O)CSc1nnc(-c2c[nH]c3ccccc23)o1)c1ccc2c(c1)OCO2. The van der Waals surface area contributed by atoms with Crippen LogP contribution in [0.4, 0.5) is 0 Å². The van der Waals surface area contributed by atoms with Crippen molar-refractivity contribution in [2.24, 2.45) is 0 Å². The monoisotopic (exact) mass is 422 g/mol. The molecule has 0 saturated heterocycles. The molecule has 0 spiro atoms. The Balaban J connectivity index is 1.20. The van der Waals surface area contributed by atoms with Gasteiger partial charge in [0.15, 0.2) is 11.5 Å². The lowest BCUT2D eigenvalue weighted by molar-refractivity contribution is -0.119. The number of nitrogens with one attached hydrogen (secondary N) is 2. The molecule has 1 atom stereocenters. The van der Waals surface area contributed by atoms with Crippen molar-refractivity contribution in [2.75, 3.05) is 12.5 Å². The second-order valence-electron chi connectivity index (χ2n) is 6.81. The number of rotatable bonds is 6. The molecular formula is C21H18N4O4S. The van der Waals surface area contributed by atoms with Crippen molar-refractivity contribution in [3.8, 4) is 23.0 Å². The Morgan fingerprint density at radius 1 is 1.20 bits per heavy atom. The molecular weight excluding hydrogens is 404 g/mol. The summed E-state index contributed by atoms with van der Waals surface area (Å²) in [7, 11) is 0. The zero-order valence-corrected chi connectivity index (χ0v) is 16.9. The van der Waals surface area contributed by atoms with E-state index < -0.39 is 0 Å². The van der Waals surface area contributed by atoms with Gasteiger partial charge in [0.25, 0.3) is 11.1 Å². The number of ether oxygens (including phenoxy) is 2. The lowest BCUT2D eigenvalue weighted by atomic mass is 10.1. The molecule has 5 rings (SSSR count). The fourth-order valence-corrected chi connectivity index (χ4v) is 3.88. The Kier molecular flexibility index (Phi) is 4.80. The lowest BCUT2D eigenvalue weighted by Gasteiger charge is -2.14. The summed E-state index contributed by atoms with van der Waals surface area (Å²) in [4.78, 5) is 15.5. The highest BCUT2D eigenvalue weighted by molar-refractivity contribution is 7.99. The molecule has 1 amide bonds. The standard InChI is InChI=1S/C21H18N4O4S/c1-12(13-6-7-17-18(8-13)28-11-27-17)23-19(26)10-30-21-25-24-20(29-21)15-9-22-16-5-3-2-4-14(15)16/h2-9,12,22H,10-11H2,1H3,(H,23,26)/t12-/m1/s1. The molecule has 3 heterocycles. The van der Waals surface area contributed by atoms with Crippen molar-refractivity contribution in [3.63, 3.8) is 0 Å². The molecule has 2 aromatic heterocycles. The van der Waals surface area contributed by atoms with Crippen LogP contribution in [-0.2, 0) is 4.79 Å². The maximum Gasteiger partial charge on any atom is 0.277 e. The summed E-state index contributed by atoms with van der Waals surface area (Å²) in [5, 5.41) is 12.5. The van der Waals surface area contributed by atoms with E-state index in [0.29, 0.717) is 16.9 Å². The summed E-state index contributed by atoms with van der Waals surface area (Å²) >= 11 is 1.20. The highest BCUT2D eigenvalue weighted by Gasteiger charge is 2.18. The molecule has 30 heavy (non-hydrogen) atoms. The van der Waals surface area contributed by atoms with Gasteiger partial charge >= 0.3 is 0 Å². The predicted molar refractivity (Wildman–Crippen MR) is 111 cm³/mol. The topological polar surface area (TPSA) is 102 Å². The van der Waals surface area contributed by atoms with Gasteiger partial charge in [-0.2, -0.15) is 0 Å². The molecule has 0 fully saturated rings. The number of hydrogen-bond donors (Lipinski definition) is 2. The number of fused-ring (bicyclic) bond motifs is 2. The van der Waals surface area contributed by atoms with Crippen molar-refractivity contribution in [2.45, 2.75) is 18.2 Å². The number of thioether (sulfide) groups is 1. The Bertz CT molecular complexity index is 1220. The average molecular weight is 422 g/mol. The normalized spacial score (nSPS) is 13.5. The van der Waals surface area contributed by atoms with Crippen LogP contribution >= 0.6 is 11.8 Å². The first-order valence-corrected chi connectivity index (χ1v) is 10.4. The molecule has 152 valence electrons. The number of aromatic amines is 1. The number of H-pyrrole nitrogens is 1. The Hall–Kier alpha value is -3.46. The van der Waals surface area contributed by atoms with Gasteiger partial charge in [0.05, 0.1) is 17.4 Å². The lowest BCUT2D eigenvalue weighted by Crippen LogP contribution is -2.28. The van der Waals surface area contributed by atoms with Crippen LogP contribution in [-0.4, -0.2) is 33.6 Å². The predicted octanol–water partition coefficient (Wildman–Crippen LogP) is 3.92. The number of carbonyl (C=O) groups excluding carboxylic acids is 1. The molecule has 0 unspecified atom stereocenters. The number of hydrogen-bond acceptors (Lipinski definition) is 7. The fourth-order valence-electron chi connectivity index (χ4n) is 3.30. The van der Waals surface area contributed by atoms with Gasteiger partial charge in [0.2, 0.25) is 12.7 Å². The van der Waals surface area contributed by atoms with Crippen molar-refractivity contribution < 1.29 is 18.7 Å². The maximum atomic E-state index is 12.4. The quantitative estimate of drug-likeness (QED) is 0.454. The first-order valence-electron chi connectivity index (χ1n) is 9.39. The van der Waals surface area contributed by atoms with Gasteiger partial charge in [-0.05, 0) is 30.7 Å². The van der Waals surface area contributed by atoms with Crippen molar-refractivity contribution in [1.29, 1.82) is 0 Å². The molecule has 0 aliphatic carbocycles. The number of carbonyl (C=O) groups is 1. The van der Waals surface area contributed by atoms with Gasteiger partial charge in [0.1, 0.15) is 0 Å². The van der Waals surface area contributed by atoms with Crippen LogP contribution in [0.25, 0.3) is 22.4 Å². The van der Waals surface area contributed by atoms with Crippen LogP contribution in [0.5, 0.6) is 11.5 Å². The first-order chi connectivity index (χ1) is 14.7. The number of amides is 1. The number of para-hydroxylation sites is 1. The molecule has 0 radical (unpaired) electrons. The molecule has 9 heteroatoms. The fraction of sp³-hybridized carbons (Fsp3) is 0.190. The van der Waals surface area contributed by atoms with Gasteiger partial charge in [0, 0.05) is 17.1 Å². The van der Waals surface area contributed by atoms with E-state index in [-0.39, 0.29) is 24.5 Å². The van der Waals surface area contributed by atoms with Gasteiger partial charge in [-0.25, -0.2) is 0 Å². The van der Waals surface area contributed by atoms with Crippen LogP contribution in [0.15, 0.2) is 58.3 Å². The third-order valence-corrected chi connectivity index (χ3v) is 5.65. The first kappa shape index (κ1) is 18.6. The zero-order valence-electron chi connectivity index (χ0n) is 16.0. The summed E-state index contributed by atoms with van der Waals surface area (Å²) in [6, 6.07) is 13.4. The van der Waals surface area contributed by atoms with Gasteiger partial charge in [-0.15, -0.1) is 10.2 Å². The minimum absolute atomic E-state index is 0.128. The highest BCUT2D eigenvalue weighted by Crippen LogP contribution is 2.34. The van der Waals surface area contributed by atoms with Crippen molar-refractivity contribution in [3.05, 3.63) is 54.2 Å². The second-order valence-corrected chi connectivity index (χ2v) is 7.74. The highest BCUT2D eigenvalue weighted by atomic mass is 32.2. The van der Waals surface area contributed by atoms with Crippen LogP contribution in [0.2, 0.25) is 0 Å². The number of nitrogens with zero attached hydrogens (tertiary/aromatic N) is 2. The smallest absolute Gasteiger partial charge is 0.277 e. The van der Waals surface area contributed by atoms with Crippen LogP contribution in [0, 0.1) is 0 Å². The van der Waals surface area contributed by atoms with Crippen LogP contribution in [0.3, 0.4) is 0 Å². The van der Waals surface area contributed by atoms with E-state index >= 15 is 0 Å². The van der Waals surface area contributed by atoms with E-state index in [1.54, 1.807) is 0 Å². The van der Waals surface area contributed by atoms with Gasteiger partial charge in [-0.3, -0.25) is 4.79 Å². The summed E-state index contributed by atoms with van der Waals surface area (Å²) in [6.07, 6.45) is 1.84. The third kappa shape index (κ3) is 3.59. The molecule has 0 bridgehead atoms. The number of aromatic nitrogens is 3. The molecule has 2 aromatic carbocycles. The molecule has 2 N–H and O–H groups in total. The summed E-state index contributed by atoms with van der Waals surface area (Å²) in [5.74, 6) is 1.87. The van der Waals surface area contributed by atoms with Crippen LogP contribution < -0.4 is 14.8 Å². The largest absolute Gasteiger partial charge is 0.454 e. The van der Waals surface area contributed by atoms with Crippen LogP contribution in [0.1, 0.15) is 18.5 Å². The minimum atomic E-state index is -0.169. The summed E-state index contributed by atoms with van der Waals surface area (Å²) in [5.41, 5.74) is 2.78. The zero-order chi connectivity index (χ0) is 20.5. The van der Waals surface area contributed by atoms with E-state index in [1.165, 1.54) is 11.8 Å². The number of benzene rings is 2. The molecule has 0 saturated carbocycles. The molecule has 1 aliphatic rings. The van der Waals surface area contributed by atoms with Gasteiger partial charge < -0.3 is 24.2 Å². The van der Waals surface area contributed by atoms with Gasteiger partial charge in [-0.1, -0.05) is 36.0 Å². The summed E-state index contributed by atoms with van der Waals surface area (Å²) < 4.78 is 16.4. The van der Waals surface area contributed by atoms with E-state index in [4.69, 9.17) is 13.9 Å². The Morgan fingerprint density at radius 3 is 3.00 bits per heavy atom. The Labute approximate surface area is 176 Å². The van der Waals surface area contributed by atoms with Crippen molar-refractivity contribution >= 4 is 28.6 Å². The molecule has 8 nitrogen and oxygen atoms in total.